The number of aromatic nitrogens is 2. The van der Waals surface area contributed by atoms with Gasteiger partial charge in [-0.15, -0.1) is 0 Å². The topological polar surface area (TPSA) is 40.7 Å². The van der Waals surface area contributed by atoms with Crippen molar-refractivity contribution in [2.75, 3.05) is 7.05 Å². The van der Waals surface area contributed by atoms with Crippen molar-refractivity contribution >= 4 is 0 Å². The second-order valence-electron chi connectivity index (χ2n) is 4.98. The van der Waals surface area contributed by atoms with Gasteiger partial charge in [-0.25, -0.2) is 0 Å². The van der Waals surface area contributed by atoms with Crippen LogP contribution in [-0.4, -0.2) is 17.2 Å². The molecule has 0 atom stereocenters. The summed E-state index contributed by atoms with van der Waals surface area (Å²) in [6.07, 6.45) is 7.05. The van der Waals surface area contributed by atoms with Crippen molar-refractivity contribution in [3.8, 4) is 11.1 Å². The summed E-state index contributed by atoms with van der Waals surface area (Å²) in [5, 5.41) is 10.4. The van der Waals surface area contributed by atoms with Crippen molar-refractivity contribution in [3.63, 3.8) is 0 Å². The largest absolute Gasteiger partial charge is 0.314 e. The molecule has 1 heterocycles. The number of benzene rings is 1. The van der Waals surface area contributed by atoms with E-state index in [2.05, 4.69) is 33.7 Å². The average Bonchev–Trinajstić information content (AvgIpc) is 2.87. The molecule has 1 aliphatic rings. The molecule has 0 amide bonds. The predicted octanol–water partition coefficient (Wildman–Crippen LogP) is 2.67. The van der Waals surface area contributed by atoms with Crippen molar-refractivity contribution in [3.05, 3.63) is 41.2 Å². The summed E-state index contributed by atoms with van der Waals surface area (Å²) in [5.74, 6) is 0. The summed E-state index contributed by atoms with van der Waals surface area (Å²) in [6, 6.07) is 6.87. The van der Waals surface area contributed by atoms with Gasteiger partial charge in [0, 0.05) is 12.1 Å². The molecule has 3 rings (SSSR count). The lowest BCUT2D eigenvalue weighted by molar-refractivity contribution is 0.686. The number of nitrogens with zero attached hydrogens (tertiary/aromatic N) is 1. The fourth-order valence-electron chi connectivity index (χ4n) is 2.77. The van der Waals surface area contributed by atoms with E-state index in [1.165, 1.54) is 47.9 Å². The first-order valence-electron chi connectivity index (χ1n) is 6.67. The molecular formula is C15H19N3. The molecule has 0 aliphatic heterocycles. The maximum atomic E-state index is 4.16. The van der Waals surface area contributed by atoms with Crippen molar-refractivity contribution in [2.24, 2.45) is 0 Å². The van der Waals surface area contributed by atoms with Gasteiger partial charge >= 0.3 is 0 Å². The number of nitrogens with one attached hydrogen (secondary N) is 2. The molecule has 0 bridgehead atoms. The van der Waals surface area contributed by atoms with E-state index in [1.54, 1.807) is 0 Å². The highest BCUT2D eigenvalue weighted by Crippen LogP contribution is 2.28. The number of aromatic amines is 1. The van der Waals surface area contributed by atoms with Gasteiger partial charge in [-0.05, 0) is 49.4 Å². The van der Waals surface area contributed by atoms with Crippen LogP contribution in [0.15, 0.2) is 24.4 Å². The maximum absolute atomic E-state index is 4.16. The van der Waals surface area contributed by atoms with Crippen LogP contribution >= 0.6 is 0 Å². The van der Waals surface area contributed by atoms with E-state index in [0.717, 1.165) is 12.2 Å². The second kappa shape index (κ2) is 4.94. The quantitative estimate of drug-likeness (QED) is 0.867. The van der Waals surface area contributed by atoms with Crippen LogP contribution in [0.5, 0.6) is 0 Å². The smallest absolute Gasteiger partial charge is 0.0569 e. The fraction of sp³-hybridized carbons (Fsp3) is 0.400. The first kappa shape index (κ1) is 11.5. The maximum Gasteiger partial charge on any atom is 0.0569 e. The molecule has 1 aliphatic carbocycles. The molecule has 0 spiro atoms. The molecule has 0 unspecified atom stereocenters. The van der Waals surface area contributed by atoms with Crippen LogP contribution < -0.4 is 5.32 Å². The second-order valence-corrected chi connectivity index (χ2v) is 4.98. The number of aryl methyl sites for hydroxylation is 2. The van der Waals surface area contributed by atoms with Gasteiger partial charge in [0.2, 0.25) is 0 Å². The van der Waals surface area contributed by atoms with Gasteiger partial charge in [-0.3, -0.25) is 5.10 Å². The van der Waals surface area contributed by atoms with Gasteiger partial charge in [0.25, 0.3) is 0 Å². The average molecular weight is 241 g/mol. The summed E-state index contributed by atoms with van der Waals surface area (Å²) in [7, 11) is 1.96. The molecule has 94 valence electrons. The van der Waals surface area contributed by atoms with Crippen LogP contribution in [0, 0.1) is 0 Å². The normalized spacial score (nSPS) is 14.5. The SMILES string of the molecule is CNCc1[nH]ncc1-c1ccc2c(c1)CCCC2. The molecule has 1 aromatic carbocycles. The van der Waals surface area contributed by atoms with E-state index in [0.29, 0.717) is 0 Å². The zero-order chi connectivity index (χ0) is 12.4. The first-order valence-corrected chi connectivity index (χ1v) is 6.67. The zero-order valence-electron chi connectivity index (χ0n) is 10.8. The molecule has 2 N–H and O–H groups in total. The van der Waals surface area contributed by atoms with Crippen LogP contribution in [0.25, 0.3) is 11.1 Å². The van der Waals surface area contributed by atoms with Crippen LogP contribution in [0.1, 0.15) is 29.7 Å². The van der Waals surface area contributed by atoms with Crippen LogP contribution in [0.4, 0.5) is 0 Å². The fourth-order valence-corrected chi connectivity index (χ4v) is 2.77. The van der Waals surface area contributed by atoms with Crippen LogP contribution in [0.3, 0.4) is 0 Å². The number of fused-ring (bicyclic) bond motifs is 1. The van der Waals surface area contributed by atoms with E-state index in [4.69, 9.17) is 0 Å². The third-order valence-electron chi connectivity index (χ3n) is 3.73. The lowest BCUT2D eigenvalue weighted by Gasteiger charge is -2.16. The van der Waals surface area contributed by atoms with Crippen LogP contribution in [-0.2, 0) is 19.4 Å². The molecule has 0 radical (unpaired) electrons. The van der Waals surface area contributed by atoms with E-state index in [-0.39, 0.29) is 0 Å². The molecule has 3 nitrogen and oxygen atoms in total. The highest BCUT2D eigenvalue weighted by molar-refractivity contribution is 5.66. The van der Waals surface area contributed by atoms with Crippen molar-refractivity contribution < 1.29 is 0 Å². The molecule has 1 aromatic heterocycles. The Kier molecular flexibility index (Phi) is 3.15. The van der Waals surface area contributed by atoms with Crippen molar-refractivity contribution in [1.29, 1.82) is 0 Å². The summed E-state index contributed by atoms with van der Waals surface area (Å²) in [5.41, 5.74) is 6.72. The number of hydrogen-bond donors (Lipinski definition) is 2. The number of hydrogen-bond acceptors (Lipinski definition) is 2. The van der Waals surface area contributed by atoms with Gasteiger partial charge in [-0.1, -0.05) is 18.2 Å². The number of H-pyrrole nitrogens is 1. The summed E-state index contributed by atoms with van der Waals surface area (Å²) < 4.78 is 0. The van der Waals surface area contributed by atoms with E-state index < -0.39 is 0 Å². The van der Waals surface area contributed by atoms with Gasteiger partial charge < -0.3 is 5.32 Å². The minimum absolute atomic E-state index is 0.826. The Morgan fingerprint density at radius 2 is 2.06 bits per heavy atom. The van der Waals surface area contributed by atoms with Gasteiger partial charge in [-0.2, -0.15) is 5.10 Å². The minimum Gasteiger partial charge on any atom is -0.314 e. The monoisotopic (exact) mass is 241 g/mol. The Morgan fingerprint density at radius 3 is 2.89 bits per heavy atom. The van der Waals surface area contributed by atoms with Gasteiger partial charge in [0.1, 0.15) is 0 Å². The molecule has 3 heteroatoms. The van der Waals surface area contributed by atoms with E-state index in [9.17, 15) is 0 Å². The Balaban J connectivity index is 1.98. The predicted molar refractivity (Wildman–Crippen MR) is 73.4 cm³/mol. The zero-order valence-corrected chi connectivity index (χ0v) is 10.8. The van der Waals surface area contributed by atoms with E-state index in [1.807, 2.05) is 13.2 Å². The Labute approximate surface area is 108 Å². The van der Waals surface area contributed by atoms with Crippen molar-refractivity contribution in [2.45, 2.75) is 32.2 Å². The molecule has 2 aromatic rings. The summed E-state index contributed by atoms with van der Waals surface area (Å²) in [6.45, 7) is 0.826. The highest BCUT2D eigenvalue weighted by atomic mass is 15.1. The summed E-state index contributed by atoms with van der Waals surface area (Å²) in [4.78, 5) is 0. The standard InChI is InChI=1S/C15H19N3/c1-16-10-15-14(9-17-18-15)13-7-6-11-4-2-3-5-12(11)8-13/h6-9,16H,2-5,10H2,1H3,(H,17,18). The minimum atomic E-state index is 0.826. The van der Waals surface area contributed by atoms with E-state index >= 15 is 0 Å². The van der Waals surface area contributed by atoms with Gasteiger partial charge in [0.15, 0.2) is 0 Å². The molecule has 0 saturated carbocycles. The first-order chi connectivity index (χ1) is 8.88. The molecular weight excluding hydrogens is 222 g/mol. The number of rotatable bonds is 3. The lowest BCUT2D eigenvalue weighted by atomic mass is 9.89. The molecule has 0 fully saturated rings. The third-order valence-corrected chi connectivity index (χ3v) is 3.73. The Morgan fingerprint density at radius 1 is 1.22 bits per heavy atom. The van der Waals surface area contributed by atoms with Gasteiger partial charge in [0.05, 0.1) is 11.9 Å². The summed E-state index contributed by atoms with van der Waals surface area (Å²) >= 11 is 0. The van der Waals surface area contributed by atoms with Crippen LogP contribution in [0.2, 0.25) is 0 Å². The Bertz CT molecular complexity index is 542. The molecule has 0 saturated heterocycles. The van der Waals surface area contributed by atoms with Crippen molar-refractivity contribution in [1.82, 2.24) is 15.5 Å². The Hall–Kier alpha value is -1.61. The third kappa shape index (κ3) is 2.06. The molecule has 18 heavy (non-hydrogen) atoms. The lowest BCUT2D eigenvalue weighted by Crippen LogP contribution is -2.07. The highest BCUT2D eigenvalue weighted by Gasteiger charge is 2.12.